The molecule has 1 fully saturated rings. The van der Waals surface area contributed by atoms with Crippen molar-refractivity contribution in [3.05, 3.63) is 63.4 Å². The van der Waals surface area contributed by atoms with E-state index in [9.17, 15) is 18.8 Å². The van der Waals surface area contributed by atoms with Crippen LogP contribution in [0.3, 0.4) is 0 Å². The number of nitrogens with two attached hydrogens (primary N) is 2. The first-order valence-electron chi connectivity index (χ1n) is 12.5. The number of amides is 3. The van der Waals surface area contributed by atoms with E-state index in [0.29, 0.717) is 28.6 Å². The summed E-state index contributed by atoms with van der Waals surface area (Å²) in [6, 6.07) is 7.11. The number of rotatable bonds is 9. The minimum atomic E-state index is -1.28. The molecule has 2 aromatic carbocycles. The Hall–Kier alpha value is -3.90. The number of nitrogens with one attached hydrogen (secondary N) is 1. The summed E-state index contributed by atoms with van der Waals surface area (Å²) in [4.78, 5) is 41.1. The second-order valence-electron chi connectivity index (χ2n) is 9.27. The second-order valence-corrected chi connectivity index (χ2v) is 10.5. The summed E-state index contributed by atoms with van der Waals surface area (Å²) < 4.78 is 28.9. The van der Waals surface area contributed by atoms with Crippen molar-refractivity contribution < 1.29 is 28.2 Å². The fourth-order valence-electron chi connectivity index (χ4n) is 4.72. The highest BCUT2D eigenvalue weighted by Crippen LogP contribution is 2.38. The maximum absolute atomic E-state index is 14.2. The average Bonchev–Trinajstić information content (AvgIpc) is 3.34. The van der Waals surface area contributed by atoms with Crippen LogP contribution in [0.25, 0.3) is 0 Å². The molecule has 40 heavy (non-hydrogen) atoms. The number of aromatic nitrogens is 1. The molecule has 10 nitrogen and oxygen atoms in total. The van der Waals surface area contributed by atoms with Crippen LogP contribution in [0.5, 0.6) is 11.5 Å². The number of hydrogen-bond donors (Lipinski definition) is 3. The van der Waals surface area contributed by atoms with Crippen molar-refractivity contribution in [3.8, 4) is 11.5 Å². The number of carbonyl (C=O) groups is 3. The minimum absolute atomic E-state index is 0.0902. The molecule has 1 saturated carbocycles. The molecule has 212 valence electrons. The maximum Gasteiger partial charge on any atom is 0.273 e. The summed E-state index contributed by atoms with van der Waals surface area (Å²) in [6.45, 7) is 0. The molecule has 0 unspecified atom stereocenters. The lowest BCUT2D eigenvalue weighted by molar-refractivity contribution is -0.123. The van der Waals surface area contributed by atoms with E-state index in [1.54, 1.807) is 18.2 Å². The summed E-state index contributed by atoms with van der Waals surface area (Å²) >= 11 is 6.78. The van der Waals surface area contributed by atoms with Crippen LogP contribution in [0, 0.1) is 5.82 Å². The van der Waals surface area contributed by atoms with Gasteiger partial charge < -0.3 is 26.3 Å². The molecule has 0 saturated heterocycles. The average molecular weight is 590 g/mol. The highest BCUT2D eigenvalue weighted by atomic mass is 35.5. The normalized spacial score (nSPS) is 14.3. The molecular formula is C27H29ClFN5O5S. The van der Waals surface area contributed by atoms with Crippen molar-refractivity contribution in [3.63, 3.8) is 0 Å². The zero-order valence-electron chi connectivity index (χ0n) is 21.9. The van der Waals surface area contributed by atoms with Crippen LogP contribution in [-0.2, 0) is 4.79 Å². The third-order valence-corrected chi connectivity index (χ3v) is 7.88. The molecule has 0 spiro atoms. The Kier molecular flexibility index (Phi) is 9.10. The smallest absolute Gasteiger partial charge is 0.273 e. The van der Waals surface area contributed by atoms with Crippen LogP contribution in [-0.4, -0.2) is 42.4 Å². The van der Waals surface area contributed by atoms with Crippen molar-refractivity contribution in [2.75, 3.05) is 24.9 Å². The van der Waals surface area contributed by atoms with Crippen LogP contribution < -0.4 is 31.2 Å². The first-order chi connectivity index (χ1) is 19.2. The van der Waals surface area contributed by atoms with E-state index >= 15 is 0 Å². The maximum atomic E-state index is 14.2. The molecule has 1 aliphatic rings. The van der Waals surface area contributed by atoms with Crippen LogP contribution >= 0.6 is 23.1 Å². The number of primary amides is 1. The number of nitrogens with zero attached hydrogens (tertiary/aromatic N) is 2. The Morgan fingerprint density at radius 2 is 1.80 bits per heavy atom. The number of carbonyl (C=O) groups excluding carboxylic acids is 3. The Morgan fingerprint density at radius 3 is 2.40 bits per heavy atom. The van der Waals surface area contributed by atoms with Gasteiger partial charge in [-0.05, 0) is 60.3 Å². The monoisotopic (exact) mass is 589 g/mol. The predicted octanol–water partition coefficient (Wildman–Crippen LogP) is 4.47. The molecule has 1 aliphatic carbocycles. The highest BCUT2D eigenvalue weighted by molar-refractivity contribution is 7.09. The van der Waals surface area contributed by atoms with Gasteiger partial charge in [0.05, 0.1) is 24.9 Å². The molecule has 4 rings (SSSR count). The molecule has 5 N–H and O–H groups in total. The zero-order chi connectivity index (χ0) is 29.0. The standard InChI is InChI=1S/C27H29ClFN5O5S/c1-38-19-11-8-14(12-20(19)39-2)23(26(36)32-15-6-4-3-5-7-15)34(16-9-10-18(29)17(28)13-16)27(37)24-21(30)22(25(31)35)33-40-24/h8-13,15,23H,3-7,30H2,1-2H3,(H2,31,35)(H,32,36)/t23-/m0/s1. The van der Waals surface area contributed by atoms with Gasteiger partial charge in [-0.1, -0.05) is 36.9 Å². The van der Waals surface area contributed by atoms with Gasteiger partial charge in [-0.3, -0.25) is 19.3 Å². The zero-order valence-corrected chi connectivity index (χ0v) is 23.5. The van der Waals surface area contributed by atoms with Gasteiger partial charge in [0.15, 0.2) is 17.2 Å². The Balaban J connectivity index is 1.91. The third kappa shape index (κ3) is 5.97. The van der Waals surface area contributed by atoms with Gasteiger partial charge in [0.1, 0.15) is 16.7 Å². The first-order valence-corrected chi connectivity index (χ1v) is 13.7. The van der Waals surface area contributed by atoms with E-state index < -0.39 is 29.6 Å². The van der Waals surface area contributed by atoms with Crippen LogP contribution in [0.2, 0.25) is 5.02 Å². The summed E-state index contributed by atoms with van der Waals surface area (Å²) in [7, 11) is 2.93. The van der Waals surface area contributed by atoms with Crippen molar-refractivity contribution in [1.29, 1.82) is 0 Å². The van der Waals surface area contributed by atoms with Crippen molar-refractivity contribution in [1.82, 2.24) is 9.69 Å². The molecule has 3 amide bonds. The fourth-order valence-corrected chi connectivity index (χ4v) is 5.64. The van der Waals surface area contributed by atoms with E-state index in [1.165, 1.54) is 26.4 Å². The number of ether oxygens (including phenoxy) is 2. The highest BCUT2D eigenvalue weighted by Gasteiger charge is 2.37. The van der Waals surface area contributed by atoms with Gasteiger partial charge in [0.2, 0.25) is 5.91 Å². The number of nitrogen functional groups attached to an aromatic ring is 1. The summed E-state index contributed by atoms with van der Waals surface area (Å²) in [6.07, 6.45) is 4.61. The van der Waals surface area contributed by atoms with Crippen LogP contribution in [0.1, 0.15) is 63.9 Å². The molecular weight excluding hydrogens is 561 g/mol. The van der Waals surface area contributed by atoms with Gasteiger partial charge in [-0.25, -0.2) is 4.39 Å². The lowest BCUT2D eigenvalue weighted by atomic mass is 9.94. The Bertz CT molecular complexity index is 1430. The largest absolute Gasteiger partial charge is 0.493 e. The van der Waals surface area contributed by atoms with Gasteiger partial charge in [0.25, 0.3) is 11.8 Å². The predicted molar refractivity (Wildman–Crippen MR) is 151 cm³/mol. The quantitative estimate of drug-likeness (QED) is 0.333. The molecule has 1 heterocycles. The third-order valence-electron chi connectivity index (χ3n) is 6.74. The lowest BCUT2D eigenvalue weighted by Crippen LogP contribution is -2.47. The number of hydrogen-bond acceptors (Lipinski definition) is 8. The number of halogens is 2. The summed E-state index contributed by atoms with van der Waals surface area (Å²) in [5.41, 5.74) is 11.5. The van der Waals surface area contributed by atoms with E-state index in [1.807, 2.05) is 0 Å². The molecule has 13 heteroatoms. The fraction of sp³-hybridized carbons (Fsp3) is 0.333. The molecule has 1 aromatic heterocycles. The molecule has 0 bridgehead atoms. The minimum Gasteiger partial charge on any atom is -0.493 e. The number of anilines is 2. The van der Waals surface area contributed by atoms with Crippen molar-refractivity contribution in [2.45, 2.75) is 44.2 Å². The molecule has 0 aliphatic heterocycles. The van der Waals surface area contributed by atoms with Crippen molar-refractivity contribution >= 4 is 52.2 Å². The number of benzene rings is 2. The van der Waals surface area contributed by atoms with Gasteiger partial charge in [0, 0.05) is 11.7 Å². The number of methoxy groups -OCH3 is 2. The Morgan fingerprint density at radius 1 is 1.10 bits per heavy atom. The van der Waals surface area contributed by atoms with Gasteiger partial charge in [-0.15, -0.1) is 0 Å². The van der Waals surface area contributed by atoms with E-state index in [-0.39, 0.29) is 33.0 Å². The van der Waals surface area contributed by atoms with Crippen molar-refractivity contribution in [2.24, 2.45) is 5.73 Å². The first kappa shape index (κ1) is 29.1. The van der Waals surface area contributed by atoms with Gasteiger partial charge >= 0.3 is 0 Å². The molecule has 3 aromatic rings. The van der Waals surface area contributed by atoms with E-state index in [2.05, 4.69) is 9.69 Å². The molecule has 0 radical (unpaired) electrons. The van der Waals surface area contributed by atoms with E-state index in [0.717, 1.165) is 43.1 Å². The Labute approximate surface area is 239 Å². The second kappa shape index (κ2) is 12.5. The van der Waals surface area contributed by atoms with Gasteiger partial charge in [-0.2, -0.15) is 4.37 Å². The topological polar surface area (TPSA) is 150 Å². The van der Waals surface area contributed by atoms with Crippen LogP contribution in [0.4, 0.5) is 15.8 Å². The van der Waals surface area contributed by atoms with E-state index in [4.69, 9.17) is 32.5 Å². The van der Waals surface area contributed by atoms with Crippen LogP contribution in [0.15, 0.2) is 36.4 Å². The molecule has 1 atom stereocenters. The summed E-state index contributed by atoms with van der Waals surface area (Å²) in [5, 5.41) is 2.81. The SMILES string of the molecule is COc1ccc([C@@H](C(=O)NC2CCCCC2)N(C(=O)c2snc(C(N)=O)c2N)c2ccc(F)c(Cl)c2)cc1OC. The summed E-state index contributed by atoms with van der Waals surface area (Å²) in [5.74, 6) is -2.11. The lowest BCUT2D eigenvalue weighted by Gasteiger charge is -2.33.